The van der Waals surface area contributed by atoms with Gasteiger partial charge in [0.05, 0.1) is 11.5 Å². The number of carbonyl (C=O) groups excluding carboxylic acids is 1. The van der Waals surface area contributed by atoms with Crippen molar-refractivity contribution in [3.63, 3.8) is 0 Å². The van der Waals surface area contributed by atoms with E-state index >= 15 is 0 Å². The first kappa shape index (κ1) is 11.9. The predicted octanol–water partition coefficient (Wildman–Crippen LogP) is 2.03. The van der Waals surface area contributed by atoms with E-state index in [9.17, 15) is 19.4 Å². The van der Waals surface area contributed by atoms with Crippen molar-refractivity contribution in [1.29, 1.82) is 0 Å². The summed E-state index contributed by atoms with van der Waals surface area (Å²) in [4.78, 5) is 24.4. The minimum atomic E-state index is -0.902. The fourth-order valence-electron chi connectivity index (χ4n) is 1.15. The van der Waals surface area contributed by atoms with Gasteiger partial charge < -0.3 is 4.74 Å². The van der Waals surface area contributed by atoms with E-state index in [1.807, 2.05) is 0 Å². The van der Waals surface area contributed by atoms with E-state index in [1.165, 1.54) is 12.1 Å². The lowest BCUT2D eigenvalue weighted by Gasteiger charge is -2.04. The molecule has 0 saturated carbocycles. The molecule has 0 fully saturated rings. The highest BCUT2D eigenvalue weighted by Gasteiger charge is 2.27. The Balaban J connectivity index is 3.27. The molecule has 0 radical (unpaired) electrons. The van der Waals surface area contributed by atoms with Crippen molar-refractivity contribution in [2.75, 3.05) is 6.61 Å². The number of nitro benzene ring substituents is 1. The van der Waals surface area contributed by atoms with Gasteiger partial charge in [0.15, 0.2) is 0 Å². The first-order valence-corrected chi connectivity index (χ1v) is 4.35. The van der Waals surface area contributed by atoms with Gasteiger partial charge in [0.25, 0.3) is 0 Å². The lowest BCUT2D eigenvalue weighted by atomic mass is 10.1. The van der Waals surface area contributed by atoms with Crippen LogP contribution in [0.5, 0.6) is 5.75 Å². The van der Waals surface area contributed by atoms with Crippen molar-refractivity contribution in [3.05, 3.63) is 33.9 Å². The maximum Gasteiger partial charge on any atom is 0.345 e. The Hall–Kier alpha value is -2.18. The van der Waals surface area contributed by atoms with Gasteiger partial charge in [0, 0.05) is 4.53 Å². The van der Waals surface area contributed by atoms with Crippen LogP contribution in [0.3, 0.4) is 0 Å². The van der Waals surface area contributed by atoms with E-state index in [0.717, 1.165) is 6.07 Å². The third-order valence-corrected chi connectivity index (χ3v) is 1.76. The predicted molar refractivity (Wildman–Crippen MR) is 50.8 cm³/mol. The average Bonchev–Trinajstić information content (AvgIpc) is 2.28. The normalized spacial score (nSPS) is 9.62. The molecular weight excluding hydrogens is 221 g/mol. The minimum absolute atomic E-state index is 0.0662. The standard InChI is InChI=1S/C9H8FNO5/c1-2-15-9(12)6-4-3-5-7(16-10)8(6)11(13)14/h3-5H,2H2,1H3. The Morgan fingerprint density at radius 1 is 1.56 bits per heavy atom. The van der Waals surface area contributed by atoms with Gasteiger partial charge in [-0.3, -0.25) is 15.1 Å². The van der Waals surface area contributed by atoms with Gasteiger partial charge in [0.1, 0.15) is 5.56 Å². The zero-order chi connectivity index (χ0) is 12.1. The van der Waals surface area contributed by atoms with Crippen LogP contribution in [0, 0.1) is 10.1 Å². The molecule has 0 spiro atoms. The van der Waals surface area contributed by atoms with Crippen molar-refractivity contribution in [3.8, 4) is 5.75 Å². The van der Waals surface area contributed by atoms with Gasteiger partial charge in [-0.15, -0.1) is 0 Å². The first-order chi connectivity index (χ1) is 7.61. The lowest BCUT2D eigenvalue weighted by Crippen LogP contribution is -2.08. The van der Waals surface area contributed by atoms with Crippen LogP contribution in [0.2, 0.25) is 0 Å². The summed E-state index contributed by atoms with van der Waals surface area (Å²) in [6.07, 6.45) is 0. The zero-order valence-corrected chi connectivity index (χ0v) is 8.31. The van der Waals surface area contributed by atoms with Crippen molar-refractivity contribution in [1.82, 2.24) is 0 Å². The van der Waals surface area contributed by atoms with Crippen LogP contribution >= 0.6 is 0 Å². The van der Waals surface area contributed by atoms with Crippen molar-refractivity contribution in [2.45, 2.75) is 6.92 Å². The molecule has 86 valence electrons. The molecule has 0 aliphatic heterocycles. The molecular formula is C9H8FNO5. The third kappa shape index (κ3) is 2.25. The van der Waals surface area contributed by atoms with Gasteiger partial charge in [0.2, 0.25) is 5.75 Å². The molecule has 16 heavy (non-hydrogen) atoms. The van der Waals surface area contributed by atoms with Crippen molar-refractivity contribution < 1.29 is 23.9 Å². The number of halogens is 1. The van der Waals surface area contributed by atoms with Crippen LogP contribution in [0.4, 0.5) is 10.2 Å². The third-order valence-electron chi connectivity index (χ3n) is 1.76. The molecule has 0 bridgehead atoms. The second-order valence-corrected chi connectivity index (χ2v) is 2.71. The van der Waals surface area contributed by atoms with Crippen molar-refractivity contribution in [2.24, 2.45) is 0 Å². The summed E-state index contributed by atoms with van der Waals surface area (Å²) in [5, 5.41) is 10.7. The van der Waals surface area contributed by atoms with E-state index in [-0.39, 0.29) is 12.2 Å². The lowest BCUT2D eigenvalue weighted by molar-refractivity contribution is -0.387. The molecule has 1 rings (SSSR count). The number of carbonyl (C=O) groups is 1. The zero-order valence-electron chi connectivity index (χ0n) is 8.31. The maximum atomic E-state index is 12.0. The monoisotopic (exact) mass is 229 g/mol. The highest BCUT2D eigenvalue weighted by molar-refractivity contribution is 5.95. The topological polar surface area (TPSA) is 78.7 Å². The average molecular weight is 229 g/mol. The molecule has 0 saturated heterocycles. The number of ether oxygens (including phenoxy) is 1. The van der Waals surface area contributed by atoms with Gasteiger partial charge in [-0.1, -0.05) is 6.07 Å². The van der Waals surface area contributed by atoms with Crippen LogP contribution in [-0.4, -0.2) is 17.5 Å². The highest BCUT2D eigenvalue weighted by Crippen LogP contribution is 2.31. The molecule has 1 aromatic carbocycles. The fourth-order valence-corrected chi connectivity index (χ4v) is 1.15. The summed E-state index contributed by atoms with van der Waals surface area (Å²) in [5.74, 6) is -1.52. The SMILES string of the molecule is CCOC(=O)c1cccc(OF)c1[N+](=O)[O-]. The van der Waals surface area contributed by atoms with Crippen LogP contribution in [-0.2, 0) is 4.74 Å². The van der Waals surface area contributed by atoms with Crippen LogP contribution < -0.4 is 4.94 Å². The van der Waals surface area contributed by atoms with Crippen LogP contribution in [0.25, 0.3) is 0 Å². The summed E-state index contributed by atoms with van der Waals surface area (Å²) in [5.41, 5.74) is -1.09. The summed E-state index contributed by atoms with van der Waals surface area (Å²) >= 11 is 0. The van der Waals surface area contributed by atoms with Crippen LogP contribution in [0.15, 0.2) is 18.2 Å². The number of rotatable bonds is 4. The molecule has 0 unspecified atom stereocenters. The number of hydrogen-bond acceptors (Lipinski definition) is 5. The Morgan fingerprint density at radius 2 is 2.25 bits per heavy atom. The quantitative estimate of drug-likeness (QED) is 0.448. The van der Waals surface area contributed by atoms with E-state index in [2.05, 4.69) is 9.68 Å². The first-order valence-electron chi connectivity index (χ1n) is 4.35. The van der Waals surface area contributed by atoms with E-state index < -0.39 is 22.3 Å². The molecule has 0 heterocycles. The highest BCUT2D eigenvalue weighted by atomic mass is 19.3. The molecule has 0 aliphatic rings. The summed E-state index contributed by atoms with van der Waals surface area (Å²) < 4.78 is 16.6. The van der Waals surface area contributed by atoms with Crippen LogP contribution in [0.1, 0.15) is 17.3 Å². The number of nitro groups is 1. The fraction of sp³-hybridized carbons (Fsp3) is 0.222. The second kappa shape index (κ2) is 5.06. The Morgan fingerprint density at radius 3 is 2.75 bits per heavy atom. The van der Waals surface area contributed by atoms with E-state index in [4.69, 9.17) is 0 Å². The van der Waals surface area contributed by atoms with E-state index in [1.54, 1.807) is 6.92 Å². The Bertz CT molecular complexity index is 420. The molecule has 0 aromatic heterocycles. The molecule has 0 aliphatic carbocycles. The summed E-state index contributed by atoms with van der Waals surface area (Å²) in [6, 6.07) is 3.47. The van der Waals surface area contributed by atoms with Gasteiger partial charge >= 0.3 is 11.7 Å². The number of hydrogen-bond donors (Lipinski definition) is 0. The van der Waals surface area contributed by atoms with Gasteiger partial charge in [-0.05, 0) is 19.1 Å². The summed E-state index contributed by atoms with van der Waals surface area (Å²) in [7, 11) is 0. The molecule has 7 heteroatoms. The molecule has 0 N–H and O–H groups in total. The second-order valence-electron chi connectivity index (χ2n) is 2.71. The van der Waals surface area contributed by atoms with Gasteiger partial charge in [-0.2, -0.15) is 0 Å². The minimum Gasteiger partial charge on any atom is -0.462 e. The Labute approximate surface area is 89.6 Å². The molecule has 0 amide bonds. The summed E-state index contributed by atoms with van der Waals surface area (Å²) in [6.45, 7) is 1.62. The largest absolute Gasteiger partial charge is 0.462 e. The molecule has 6 nitrogen and oxygen atoms in total. The number of esters is 1. The van der Waals surface area contributed by atoms with Gasteiger partial charge in [-0.25, -0.2) is 4.79 Å². The molecule has 0 atom stereocenters. The van der Waals surface area contributed by atoms with E-state index in [0.29, 0.717) is 0 Å². The number of nitrogens with zero attached hydrogens (tertiary/aromatic N) is 1. The van der Waals surface area contributed by atoms with Crippen molar-refractivity contribution >= 4 is 11.7 Å². The number of para-hydroxylation sites is 1. The smallest absolute Gasteiger partial charge is 0.345 e. The number of benzene rings is 1. The molecule has 1 aromatic rings. The Kier molecular flexibility index (Phi) is 3.76. The maximum absolute atomic E-state index is 12.0.